The lowest BCUT2D eigenvalue weighted by atomic mass is 10.1. The van der Waals surface area contributed by atoms with E-state index < -0.39 is 17.1 Å². The van der Waals surface area contributed by atoms with Crippen molar-refractivity contribution in [3.05, 3.63) is 61.0 Å². The molecule has 0 atom stereocenters. The number of aromatic amines is 1. The Kier molecular flexibility index (Phi) is 6.26. The van der Waals surface area contributed by atoms with Crippen LogP contribution in [-0.4, -0.2) is 53.3 Å². The van der Waals surface area contributed by atoms with Gasteiger partial charge in [-0.3, -0.25) is 14.3 Å². The Morgan fingerprint density at radius 1 is 1.24 bits per heavy atom. The summed E-state index contributed by atoms with van der Waals surface area (Å²) in [4.78, 5) is 43.1. The Morgan fingerprint density at radius 2 is 1.93 bits per heavy atom. The van der Waals surface area contributed by atoms with Crippen molar-refractivity contribution in [3.8, 4) is 0 Å². The molecule has 1 saturated heterocycles. The van der Waals surface area contributed by atoms with Crippen molar-refractivity contribution in [1.82, 2.24) is 14.5 Å². The Hall–Kier alpha value is -2.81. The first kappa shape index (κ1) is 20.9. The third-order valence-corrected chi connectivity index (χ3v) is 5.23. The smallest absolute Gasteiger partial charge is 0.409 e. The number of halogens is 2. The topological polar surface area (TPSA) is 87.6 Å². The number of ether oxygens (including phenoxy) is 1. The van der Waals surface area contributed by atoms with Crippen molar-refractivity contribution >= 4 is 23.5 Å². The van der Waals surface area contributed by atoms with Crippen molar-refractivity contribution in [1.29, 1.82) is 0 Å². The fourth-order valence-electron chi connectivity index (χ4n) is 3.27. The molecule has 1 aromatic heterocycles. The number of H-pyrrole nitrogens is 1. The largest absolute Gasteiger partial charge is 0.450 e. The van der Waals surface area contributed by atoms with Crippen molar-refractivity contribution in [2.24, 2.45) is 7.05 Å². The number of rotatable bonds is 4. The van der Waals surface area contributed by atoms with Crippen LogP contribution in [0.15, 0.2) is 27.8 Å². The average Bonchev–Trinajstić information content (AvgIpc) is 2.70. The first-order valence-electron chi connectivity index (χ1n) is 9.24. The van der Waals surface area contributed by atoms with Gasteiger partial charge in [-0.05, 0) is 24.6 Å². The molecule has 156 valence electrons. The number of piperazine rings is 1. The summed E-state index contributed by atoms with van der Waals surface area (Å²) in [5.41, 5.74) is -0.0578. The van der Waals surface area contributed by atoms with Gasteiger partial charge in [0.15, 0.2) is 0 Å². The van der Waals surface area contributed by atoms with E-state index in [1.807, 2.05) is 4.90 Å². The van der Waals surface area contributed by atoms with Gasteiger partial charge in [0, 0.05) is 44.7 Å². The number of hydrogen-bond donors (Lipinski definition) is 1. The van der Waals surface area contributed by atoms with E-state index >= 15 is 0 Å². The minimum atomic E-state index is -0.535. The lowest BCUT2D eigenvalue weighted by molar-refractivity contribution is 0.105. The lowest BCUT2D eigenvalue weighted by Gasteiger charge is -2.35. The summed E-state index contributed by atoms with van der Waals surface area (Å²) in [5, 5.41) is 0.205. The van der Waals surface area contributed by atoms with Crippen LogP contribution in [0.4, 0.5) is 15.0 Å². The van der Waals surface area contributed by atoms with E-state index in [1.165, 1.54) is 25.2 Å². The molecule has 0 saturated carbocycles. The van der Waals surface area contributed by atoms with E-state index in [9.17, 15) is 18.8 Å². The molecule has 3 rings (SSSR count). The first-order valence-corrected chi connectivity index (χ1v) is 9.62. The molecule has 1 fully saturated rings. The third-order valence-electron chi connectivity index (χ3n) is 4.88. The molecule has 0 radical (unpaired) electrons. The maximum absolute atomic E-state index is 13.4. The number of nitrogens with zero attached hydrogens (tertiary/aromatic N) is 3. The highest BCUT2D eigenvalue weighted by molar-refractivity contribution is 6.31. The molecule has 10 heteroatoms. The third kappa shape index (κ3) is 4.45. The molecule has 8 nitrogen and oxygen atoms in total. The number of aromatic nitrogens is 2. The van der Waals surface area contributed by atoms with E-state index in [0.29, 0.717) is 49.7 Å². The molecule has 1 aliphatic heterocycles. The number of carbonyl (C=O) groups excluding carboxylic acids is 1. The number of nitrogens with one attached hydrogen (secondary N) is 1. The minimum Gasteiger partial charge on any atom is -0.450 e. The standard InChI is InChI=1S/C19H22ClFN4O4/c1-3-29-19(28)25-8-6-24(7-9-25)16-14(17(26)23(2)18(27)22-16)10-12-4-5-13(21)11-15(12)20/h4-5,11H,3,6-10H2,1-2H3,(H,22,27). The molecular formula is C19H22ClFN4O4. The summed E-state index contributed by atoms with van der Waals surface area (Å²) >= 11 is 6.13. The second-order valence-corrected chi connectivity index (χ2v) is 7.11. The molecule has 0 unspecified atom stereocenters. The highest BCUT2D eigenvalue weighted by Gasteiger charge is 2.26. The monoisotopic (exact) mass is 424 g/mol. The SMILES string of the molecule is CCOC(=O)N1CCN(c2[nH]c(=O)n(C)c(=O)c2Cc2ccc(F)cc2Cl)CC1. The van der Waals surface area contributed by atoms with Crippen LogP contribution >= 0.6 is 11.6 Å². The Balaban J connectivity index is 1.92. The number of amides is 1. The fourth-order valence-corrected chi connectivity index (χ4v) is 3.50. The summed E-state index contributed by atoms with van der Waals surface area (Å²) in [5.74, 6) is -0.0783. The van der Waals surface area contributed by atoms with Gasteiger partial charge in [-0.25, -0.2) is 14.0 Å². The molecule has 2 aromatic rings. The maximum Gasteiger partial charge on any atom is 0.409 e. The predicted molar refractivity (Wildman–Crippen MR) is 107 cm³/mol. The van der Waals surface area contributed by atoms with Crippen molar-refractivity contribution in [3.63, 3.8) is 0 Å². The second-order valence-electron chi connectivity index (χ2n) is 6.71. The Morgan fingerprint density at radius 3 is 2.55 bits per heavy atom. The van der Waals surface area contributed by atoms with Crippen LogP contribution in [0.1, 0.15) is 18.1 Å². The molecule has 0 spiro atoms. The van der Waals surface area contributed by atoms with Crippen LogP contribution in [0.25, 0.3) is 0 Å². The van der Waals surface area contributed by atoms with E-state index in [-0.39, 0.29) is 17.5 Å². The number of anilines is 1. The molecule has 1 aliphatic rings. The molecule has 1 aromatic carbocycles. The van der Waals surface area contributed by atoms with Crippen LogP contribution in [0.5, 0.6) is 0 Å². The van der Waals surface area contributed by atoms with Crippen LogP contribution in [0.3, 0.4) is 0 Å². The van der Waals surface area contributed by atoms with Gasteiger partial charge < -0.3 is 14.5 Å². The van der Waals surface area contributed by atoms with Gasteiger partial charge >= 0.3 is 11.8 Å². The summed E-state index contributed by atoms with van der Waals surface area (Å²) in [7, 11) is 1.39. The van der Waals surface area contributed by atoms with E-state index in [4.69, 9.17) is 16.3 Å². The highest BCUT2D eigenvalue weighted by atomic mass is 35.5. The number of carbonyl (C=O) groups is 1. The van der Waals surface area contributed by atoms with Crippen LogP contribution in [0, 0.1) is 5.82 Å². The predicted octanol–water partition coefficient (Wildman–Crippen LogP) is 1.74. The van der Waals surface area contributed by atoms with Gasteiger partial charge in [0.2, 0.25) is 0 Å². The van der Waals surface area contributed by atoms with Crippen molar-refractivity contribution < 1.29 is 13.9 Å². The molecular weight excluding hydrogens is 403 g/mol. The van der Waals surface area contributed by atoms with Crippen LogP contribution in [0.2, 0.25) is 5.02 Å². The zero-order valence-corrected chi connectivity index (χ0v) is 17.0. The molecule has 29 heavy (non-hydrogen) atoms. The fraction of sp³-hybridized carbons (Fsp3) is 0.421. The molecule has 1 N–H and O–H groups in total. The summed E-state index contributed by atoms with van der Waals surface area (Å²) in [6.45, 7) is 3.67. The summed E-state index contributed by atoms with van der Waals surface area (Å²) in [6.07, 6.45) is -0.251. The molecule has 0 bridgehead atoms. The van der Waals surface area contributed by atoms with Crippen molar-refractivity contribution in [2.75, 3.05) is 37.7 Å². The summed E-state index contributed by atoms with van der Waals surface area (Å²) < 4.78 is 19.4. The molecule has 2 heterocycles. The highest BCUT2D eigenvalue weighted by Crippen LogP contribution is 2.23. The molecule has 0 aliphatic carbocycles. The van der Waals surface area contributed by atoms with Gasteiger partial charge in [-0.2, -0.15) is 0 Å². The number of benzene rings is 1. The Labute approximate surface area is 171 Å². The van der Waals surface area contributed by atoms with Gasteiger partial charge in [0.1, 0.15) is 11.6 Å². The van der Waals surface area contributed by atoms with Gasteiger partial charge in [-0.15, -0.1) is 0 Å². The lowest BCUT2D eigenvalue weighted by Crippen LogP contribution is -2.50. The summed E-state index contributed by atoms with van der Waals surface area (Å²) in [6, 6.07) is 3.98. The second kappa shape index (κ2) is 8.69. The van der Waals surface area contributed by atoms with Gasteiger partial charge in [0.05, 0.1) is 12.2 Å². The van der Waals surface area contributed by atoms with E-state index in [1.54, 1.807) is 11.8 Å². The maximum atomic E-state index is 13.4. The Bertz CT molecular complexity index is 1030. The van der Waals surface area contributed by atoms with Crippen LogP contribution in [-0.2, 0) is 18.2 Å². The van der Waals surface area contributed by atoms with Crippen molar-refractivity contribution in [2.45, 2.75) is 13.3 Å². The first-order chi connectivity index (χ1) is 13.8. The van der Waals surface area contributed by atoms with E-state index in [0.717, 1.165) is 4.57 Å². The average molecular weight is 425 g/mol. The zero-order chi connectivity index (χ0) is 21.1. The van der Waals surface area contributed by atoms with Gasteiger partial charge in [-0.1, -0.05) is 17.7 Å². The van der Waals surface area contributed by atoms with E-state index in [2.05, 4.69) is 4.98 Å². The zero-order valence-electron chi connectivity index (χ0n) is 16.2. The number of hydrogen-bond acceptors (Lipinski definition) is 5. The van der Waals surface area contributed by atoms with Crippen LogP contribution < -0.4 is 16.1 Å². The minimum absolute atomic E-state index is 0.135. The normalized spacial score (nSPS) is 14.2. The van der Waals surface area contributed by atoms with Gasteiger partial charge in [0.25, 0.3) is 5.56 Å². The quantitative estimate of drug-likeness (QED) is 0.807. The molecule has 1 amide bonds.